The summed E-state index contributed by atoms with van der Waals surface area (Å²) >= 11 is 0. The highest BCUT2D eigenvalue weighted by molar-refractivity contribution is 6.05. The van der Waals surface area contributed by atoms with Crippen molar-refractivity contribution >= 4 is 11.6 Å². The number of aromatic nitrogens is 2. The van der Waals surface area contributed by atoms with Crippen molar-refractivity contribution in [3.8, 4) is 0 Å². The minimum Gasteiger partial charge on any atom is -0.361 e. The van der Waals surface area contributed by atoms with E-state index in [-0.39, 0.29) is 5.91 Å². The van der Waals surface area contributed by atoms with E-state index in [0.717, 1.165) is 12.1 Å². The van der Waals surface area contributed by atoms with E-state index in [1.807, 2.05) is 36.4 Å². The maximum Gasteiger partial charge on any atom is 0.261 e. The van der Waals surface area contributed by atoms with Gasteiger partial charge in [-0.05, 0) is 55.7 Å². The fourth-order valence-corrected chi connectivity index (χ4v) is 2.44. The van der Waals surface area contributed by atoms with Crippen LogP contribution in [-0.4, -0.2) is 16.0 Å². The molecule has 0 aliphatic heterocycles. The molecule has 3 aromatic rings. The standard InChI is InChI=1S/C18H17N3O2/c1-12-17(13(2)23-21-12)18(22)20-16-5-3-14(4-6-16)11-15-7-9-19-10-8-15/h3-10H,11H2,1-2H3,(H,20,22). The molecule has 0 saturated carbocycles. The largest absolute Gasteiger partial charge is 0.361 e. The molecule has 23 heavy (non-hydrogen) atoms. The third kappa shape index (κ3) is 3.45. The summed E-state index contributed by atoms with van der Waals surface area (Å²) in [7, 11) is 0. The predicted molar refractivity (Wildman–Crippen MR) is 87.4 cm³/mol. The lowest BCUT2D eigenvalue weighted by atomic mass is 10.1. The Morgan fingerprint density at radius 1 is 1.04 bits per heavy atom. The Morgan fingerprint density at radius 2 is 1.70 bits per heavy atom. The van der Waals surface area contributed by atoms with Crippen molar-refractivity contribution in [3.63, 3.8) is 0 Å². The van der Waals surface area contributed by atoms with Gasteiger partial charge in [0, 0.05) is 18.1 Å². The molecule has 0 saturated heterocycles. The van der Waals surface area contributed by atoms with Crippen LogP contribution >= 0.6 is 0 Å². The van der Waals surface area contributed by atoms with Crippen LogP contribution in [0.3, 0.4) is 0 Å². The fourth-order valence-electron chi connectivity index (χ4n) is 2.44. The number of hydrogen-bond acceptors (Lipinski definition) is 4. The van der Waals surface area contributed by atoms with E-state index in [2.05, 4.69) is 15.5 Å². The molecule has 2 aromatic heterocycles. The average Bonchev–Trinajstić information content (AvgIpc) is 2.89. The Labute approximate surface area is 134 Å². The number of carbonyl (C=O) groups is 1. The summed E-state index contributed by atoms with van der Waals surface area (Å²) < 4.78 is 5.02. The zero-order valence-electron chi connectivity index (χ0n) is 13.0. The molecular weight excluding hydrogens is 290 g/mol. The first-order valence-corrected chi connectivity index (χ1v) is 7.35. The molecule has 0 spiro atoms. The van der Waals surface area contributed by atoms with Gasteiger partial charge in [0.25, 0.3) is 5.91 Å². The van der Waals surface area contributed by atoms with Gasteiger partial charge in [-0.1, -0.05) is 17.3 Å². The van der Waals surface area contributed by atoms with E-state index >= 15 is 0 Å². The van der Waals surface area contributed by atoms with E-state index in [1.165, 1.54) is 11.1 Å². The van der Waals surface area contributed by atoms with Crippen LogP contribution in [0.15, 0.2) is 53.3 Å². The van der Waals surface area contributed by atoms with Crippen molar-refractivity contribution in [3.05, 3.63) is 76.9 Å². The van der Waals surface area contributed by atoms with Gasteiger partial charge in [-0.2, -0.15) is 0 Å². The lowest BCUT2D eigenvalue weighted by Gasteiger charge is -2.06. The van der Waals surface area contributed by atoms with E-state index < -0.39 is 0 Å². The van der Waals surface area contributed by atoms with Crippen LogP contribution in [-0.2, 0) is 6.42 Å². The van der Waals surface area contributed by atoms with Gasteiger partial charge >= 0.3 is 0 Å². The number of rotatable bonds is 4. The second-order valence-electron chi connectivity index (χ2n) is 5.38. The Kier molecular flexibility index (Phi) is 4.19. The molecule has 0 unspecified atom stereocenters. The average molecular weight is 307 g/mol. The molecule has 0 atom stereocenters. The molecule has 116 valence electrons. The van der Waals surface area contributed by atoms with Crippen molar-refractivity contribution in [2.24, 2.45) is 0 Å². The molecule has 5 heteroatoms. The highest BCUT2D eigenvalue weighted by atomic mass is 16.5. The van der Waals surface area contributed by atoms with Crippen molar-refractivity contribution in [2.45, 2.75) is 20.3 Å². The number of hydrogen-bond donors (Lipinski definition) is 1. The second kappa shape index (κ2) is 6.44. The third-order valence-electron chi connectivity index (χ3n) is 3.63. The summed E-state index contributed by atoms with van der Waals surface area (Å²) in [4.78, 5) is 16.3. The van der Waals surface area contributed by atoms with Gasteiger partial charge in [0.1, 0.15) is 11.3 Å². The highest BCUT2D eigenvalue weighted by Crippen LogP contribution is 2.17. The summed E-state index contributed by atoms with van der Waals surface area (Å²) in [5.41, 5.74) is 4.20. The van der Waals surface area contributed by atoms with Crippen LogP contribution in [0.2, 0.25) is 0 Å². The number of nitrogens with one attached hydrogen (secondary N) is 1. The fraction of sp³-hybridized carbons (Fsp3) is 0.167. The Morgan fingerprint density at radius 3 is 2.30 bits per heavy atom. The van der Waals surface area contributed by atoms with Gasteiger partial charge in [-0.15, -0.1) is 0 Å². The molecule has 0 radical (unpaired) electrons. The van der Waals surface area contributed by atoms with Crippen molar-refractivity contribution < 1.29 is 9.32 Å². The number of aryl methyl sites for hydroxylation is 2. The zero-order chi connectivity index (χ0) is 16.2. The molecule has 0 aliphatic rings. The van der Waals surface area contributed by atoms with Crippen LogP contribution in [0.5, 0.6) is 0 Å². The van der Waals surface area contributed by atoms with E-state index in [0.29, 0.717) is 17.0 Å². The number of carbonyl (C=O) groups excluding carboxylic acids is 1. The Hall–Kier alpha value is -2.95. The lowest BCUT2D eigenvalue weighted by Crippen LogP contribution is -2.13. The molecular formula is C18H17N3O2. The first-order valence-electron chi connectivity index (χ1n) is 7.35. The molecule has 2 heterocycles. The van der Waals surface area contributed by atoms with Gasteiger partial charge < -0.3 is 9.84 Å². The van der Waals surface area contributed by atoms with E-state index in [9.17, 15) is 4.79 Å². The lowest BCUT2D eigenvalue weighted by molar-refractivity contribution is 0.102. The quantitative estimate of drug-likeness (QED) is 0.800. The molecule has 0 fully saturated rings. The van der Waals surface area contributed by atoms with Crippen LogP contribution in [0.1, 0.15) is 32.9 Å². The molecule has 0 bridgehead atoms. The summed E-state index contributed by atoms with van der Waals surface area (Å²) in [6.07, 6.45) is 4.40. The summed E-state index contributed by atoms with van der Waals surface area (Å²) in [6.45, 7) is 3.48. The first-order chi connectivity index (χ1) is 11.1. The van der Waals surface area contributed by atoms with E-state index in [1.54, 1.807) is 26.2 Å². The SMILES string of the molecule is Cc1noc(C)c1C(=O)Nc1ccc(Cc2ccncc2)cc1. The maximum atomic E-state index is 12.3. The smallest absolute Gasteiger partial charge is 0.261 e. The third-order valence-corrected chi connectivity index (χ3v) is 3.63. The highest BCUT2D eigenvalue weighted by Gasteiger charge is 2.17. The molecule has 5 nitrogen and oxygen atoms in total. The van der Waals surface area contributed by atoms with Crippen LogP contribution in [0.4, 0.5) is 5.69 Å². The van der Waals surface area contributed by atoms with Gasteiger partial charge in [-0.25, -0.2) is 0 Å². The number of nitrogens with zero attached hydrogens (tertiary/aromatic N) is 2. The normalized spacial score (nSPS) is 10.5. The van der Waals surface area contributed by atoms with Gasteiger partial charge in [-0.3, -0.25) is 9.78 Å². The molecule has 1 amide bonds. The molecule has 1 aromatic carbocycles. The van der Waals surface area contributed by atoms with E-state index in [4.69, 9.17) is 4.52 Å². The second-order valence-corrected chi connectivity index (χ2v) is 5.38. The van der Waals surface area contributed by atoms with Crippen molar-refractivity contribution in [1.82, 2.24) is 10.1 Å². The minimum absolute atomic E-state index is 0.205. The minimum atomic E-state index is -0.205. The van der Waals surface area contributed by atoms with Crippen LogP contribution in [0.25, 0.3) is 0 Å². The number of benzene rings is 1. The van der Waals surface area contributed by atoms with Gasteiger partial charge in [0.15, 0.2) is 0 Å². The van der Waals surface area contributed by atoms with Gasteiger partial charge in [0.05, 0.1) is 5.69 Å². The number of amides is 1. The summed E-state index contributed by atoms with van der Waals surface area (Å²) in [5, 5.41) is 6.67. The number of pyridine rings is 1. The van der Waals surface area contributed by atoms with Crippen LogP contribution < -0.4 is 5.32 Å². The predicted octanol–water partition coefficient (Wildman–Crippen LogP) is 3.53. The molecule has 3 rings (SSSR count). The van der Waals surface area contributed by atoms with Crippen molar-refractivity contribution in [2.75, 3.05) is 5.32 Å². The topological polar surface area (TPSA) is 68.0 Å². The zero-order valence-corrected chi connectivity index (χ0v) is 13.0. The number of anilines is 1. The summed E-state index contributed by atoms with van der Waals surface area (Å²) in [5.74, 6) is 0.317. The summed E-state index contributed by atoms with van der Waals surface area (Å²) in [6, 6.07) is 11.8. The Bertz CT molecular complexity index is 789. The van der Waals surface area contributed by atoms with Gasteiger partial charge in [0.2, 0.25) is 0 Å². The maximum absolute atomic E-state index is 12.3. The monoisotopic (exact) mass is 307 g/mol. The van der Waals surface area contributed by atoms with Crippen LogP contribution in [0, 0.1) is 13.8 Å². The molecule has 0 aliphatic carbocycles. The first kappa shape index (κ1) is 15.0. The van der Waals surface area contributed by atoms with Crippen molar-refractivity contribution in [1.29, 1.82) is 0 Å². The Balaban J connectivity index is 1.69. The molecule has 1 N–H and O–H groups in total.